The number of aromatic nitrogens is 2. The van der Waals surface area contributed by atoms with Crippen molar-refractivity contribution in [3.05, 3.63) is 39.3 Å². The lowest BCUT2D eigenvalue weighted by Gasteiger charge is -2.13. The van der Waals surface area contributed by atoms with E-state index < -0.39 is 30.2 Å². The number of esters is 1. The van der Waals surface area contributed by atoms with E-state index in [9.17, 15) is 18.4 Å². The van der Waals surface area contributed by atoms with Crippen molar-refractivity contribution in [2.24, 2.45) is 0 Å². The molecule has 0 aliphatic heterocycles. The molecule has 0 aliphatic carbocycles. The highest BCUT2D eigenvalue weighted by Gasteiger charge is 2.20. The Kier molecular flexibility index (Phi) is 4.54. The number of carbonyl (C=O) groups is 1. The summed E-state index contributed by atoms with van der Waals surface area (Å²) in [6, 6.07) is 3.28. The molecule has 0 unspecified atom stereocenters. The predicted octanol–water partition coefficient (Wildman–Crippen LogP) is 2.51. The molecule has 118 valence electrons. The molecule has 0 saturated carbocycles. The Labute approximate surface area is 125 Å². The van der Waals surface area contributed by atoms with Crippen LogP contribution in [0.5, 0.6) is 0 Å². The molecular weight excluding hydrogens is 294 g/mol. The first-order chi connectivity index (χ1) is 10.3. The molecule has 2 aromatic rings. The van der Waals surface area contributed by atoms with Gasteiger partial charge in [0.05, 0.1) is 17.6 Å². The number of fused-ring (bicyclic) bond motifs is 1. The zero-order chi connectivity index (χ0) is 16.4. The van der Waals surface area contributed by atoms with Crippen molar-refractivity contribution >= 4 is 17.0 Å². The minimum Gasteiger partial charge on any atom is -0.465 e. The first kappa shape index (κ1) is 16.1. The van der Waals surface area contributed by atoms with Crippen molar-refractivity contribution in [3.63, 3.8) is 0 Å². The summed E-state index contributed by atoms with van der Waals surface area (Å²) in [4.78, 5) is 27.6. The zero-order valence-electron chi connectivity index (χ0n) is 12.5. The number of rotatable bonds is 4. The van der Waals surface area contributed by atoms with E-state index in [0.717, 1.165) is 15.7 Å². The molecule has 0 amide bonds. The maximum absolute atomic E-state index is 13.0. The summed E-state index contributed by atoms with van der Waals surface area (Å²) in [6.07, 6.45) is -3.01. The lowest BCUT2D eigenvalue weighted by molar-refractivity contribution is -0.143. The quantitative estimate of drug-likeness (QED) is 0.814. The topological polar surface area (TPSA) is 61.2 Å². The standard InChI is InChI=1S/C15H16F2N2O3/c1-4-22-12(20)7-19-11-6-9(3)8(2)5-10(11)18-13(14(16)17)15(19)21/h5-6,14H,4,7H2,1-3H3. The molecular formula is C15H16F2N2O3. The maximum atomic E-state index is 13.0. The summed E-state index contributed by atoms with van der Waals surface area (Å²) in [7, 11) is 0. The van der Waals surface area contributed by atoms with Gasteiger partial charge in [0.1, 0.15) is 6.54 Å². The van der Waals surface area contributed by atoms with Crippen LogP contribution in [0.3, 0.4) is 0 Å². The van der Waals surface area contributed by atoms with Crippen LogP contribution in [0, 0.1) is 13.8 Å². The number of nitrogens with zero attached hydrogens (tertiary/aromatic N) is 2. The molecule has 0 fully saturated rings. The number of alkyl halides is 2. The molecule has 1 aromatic carbocycles. The van der Waals surface area contributed by atoms with Gasteiger partial charge in [0.15, 0.2) is 5.69 Å². The van der Waals surface area contributed by atoms with Crippen LogP contribution in [0.25, 0.3) is 11.0 Å². The van der Waals surface area contributed by atoms with Gasteiger partial charge in [0.2, 0.25) is 0 Å². The Morgan fingerprint density at radius 3 is 2.55 bits per heavy atom. The van der Waals surface area contributed by atoms with E-state index in [-0.39, 0.29) is 12.1 Å². The first-order valence-electron chi connectivity index (χ1n) is 6.80. The molecule has 0 saturated heterocycles. The van der Waals surface area contributed by atoms with Crippen molar-refractivity contribution in [3.8, 4) is 0 Å². The predicted molar refractivity (Wildman–Crippen MR) is 77.1 cm³/mol. The van der Waals surface area contributed by atoms with Crippen molar-refractivity contribution < 1.29 is 18.3 Å². The van der Waals surface area contributed by atoms with Gasteiger partial charge < -0.3 is 4.74 Å². The largest absolute Gasteiger partial charge is 0.465 e. The molecule has 2 rings (SSSR count). The number of hydrogen-bond acceptors (Lipinski definition) is 4. The van der Waals surface area contributed by atoms with Gasteiger partial charge >= 0.3 is 5.97 Å². The third kappa shape index (κ3) is 2.98. The lowest BCUT2D eigenvalue weighted by Crippen LogP contribution is -2.29. The second kappa shape index (κ2) is 6.21. The van der Waals surface area contributed by atoms with Crippen LogP contribution < -0.4 is 5.56 Å². The van der Waals surface area contributed by atoms with Gasteiger partial charge in [-0.15, -0.1) is 0 Å². The third-order valence-electron chi connectivity index (χ3n) is 3.39. The van der Waals surface area contributed by atoms with E-state index in [1.165, 1.54) is 0 Å². The van der Waals surface area contributed by atoms with Crippen LogP contribution in [-0.2, 0) is 16.1 Å². The minimum atomic E-state index is -3.01. The fourth-order valence-electron chi connectivity index (χ4n) is 2.15. The number of ether oxygens (including phenoxy) is 1. The van der Waals surface area contributed by atoms with Crippen LogP contribution in [0.2, 0.25) is 0 Å². The number of hydrogen-bond donors (Lipinski definition) is 0. The van der Waals surface area contributed by atoms with Gasteiger partial charge in [-0.1, -0.05) is 0 Å². The Balaban J connectivity index is 2.73. The second-order valence-electron chi connectivity index (χ2n) is 4.92. The zero-order valence-corrected chi connectivity index (χ0v) is 12.5. The number of halogens is 2. The van der Waals surface area contributed by atoms with Crippen LogP contribution in [0.1, 0.15) is 30.2 Å². The average Bonchev–Trinajstić information content (AvgIpc) is 2.44. The Bertz CT molecular complexity index is 784. The molecule has 1 heterocycles. The molecule has 1 aromatic heterocycles. The summed E-state index contributed by atoms with van der Waals surface area (Å²) in [5.41, 5.74) is 0.490. The van der Waals surface area contributed by atoms with E-state index in [1.807, 2.05) is 13.8 Å². The van der Waals surface area contributed by atoms with Gasteiger partial charge in [0, 0.05) is 0 Å². The van der Waals surface area contributed by atoms with E-state index in [2.05, 4.69) is 4.98 Å². The highest BCUT2D eigenvalue weighted by molar-refractivity contribution is 5.79. The summed E-state index contributed by atoms with van der Waals surface area (Å²) >= 11 is 0. The van der Waals surface area contributed by atoms with Crippen molar-refractivity contribution in [2.45, 2.75) is 33.7 Å². The summed E-state index contributed by atoms with van der Waals surface area (Å²) in [5, 5.41) is 0. The first-order valence-corrected chi connectivity index (χ1v) is 6.80. The Morgan fingerprint density at radius 1 is 1.32 bits per heavy atom. The lowest BCUT2D eigenvalue weighted by atomic mass is 10.1. The molecule has 0 bridgehead atoms. The van der Waals surface area contributed by atoms with Crippen LogP contribution >= 0.6 is 0 Å². The van der Waals surface area contributed by atoms with E-state index >= 15 is 0 Å². The molecule has 0 spiro atoms. The number of aryl methyl sites for hydroxylation is 2. The molecule has 22 heavy (non-hydrogen) atoms. The summed E-state index contributed by atoms with van der Waals surface area (Å²) in [5.74, 6) is -0.657. The minimum absolute atomic E-state index is 0.149. The summed E-state index contributed by atoms with van der Waals surface area (Å²) < 4.78 is 31.8. The molecule has 5 nitrogen and oxygen atoms in total. The molecule has 0 radical (unpaired) electrons. The molecule has 0 N–H and O–H groups in total. The Hall–Kier alpha value is -2.31. The number of benzene rings is 1. The monoisotopic (exact) mass is 310 g/mol. The van der Waals surface area contributed by atoms with Crippen molar-refractivity contribution in [2.75, 3.05) is 6.61 Å². The highest BCUT2D eigenvalue weighted by Crippen LogP contribution is 2.20. The molecule has 7 heteroatoms. The Morgan fingerprint density at radius 2 is 1.95 bits per heavy atom. The van der Waals surface area contributed by atoms with Gasteiger partial charge in [-0.05, 0) is 44.0 Å². The summed E-state index contributed by atoms with van der Waals surface area (Å²) in [6.45, 7) is 5.00. The molecule has 0 atom stereocenters. The third-order valence-corrected chi connectivity index (χ3v) is 3.39. The average molecular weight is 310 g/mol. The van der Waals surface area contributed by atoms with Crippen molar-refractivity contribution in [1.82, 2.24) is 9.55 Å². The van der Waals surface area contributed by atoms with Gasteiger partial charge in [-0.3, -0.25) is 14.2 Å². The highest BCUT2D eigenvalue weighted by atomic mass is 19.3. The fraction of sp³-hybridized carbons (Fsp3) is 0.400. The van der Waals surface area contributed by atoms with Crippen LogP contribution in [-0.4, -0.2) is 22.1 Å². The second-order valence-corrected chi connectivity index (χ2v) is 4.92. The van der Waals surface area contributed by atoms with E-state index in [1.54, 1.807) is 19.1 Å². The van der Waals surface area contributed by atoms with Gasteiger partial charge in [0.25, 0.3) is 12.0 Å². The van der Waals surface area contributed by atoms with E-state index in [4.69, 9.17) is 4.74 Å². The fourth-order valence-corrected chi connectivity index (χ4v) is 2.15. The van der Waals surface area contributed by atoms with Crippen LogP contribution in [0.4, 0.5) is 8.78 Å². The normalized spacial score (nSPS) is 11.2. The SMILES string of the molecule is CCOC(=O)Cn1c(=O)c(C(F)F)nc2cc(C)c(C)cc21. The van der Waals surface area contributed by atoms with Gasteiger partial charge in [-0.25, -0.2) is 13.8 Å². The maximum Gasteiger partial charge on any atom is 0.326 e. The molecule has 0 aliphatic rings. The van der Waals surface area contributed by atoms with Gasteiger partial charge in [-0.2, -0.15) is 0 Å². The smallest absolute Gasteiger partial charge is 0.326 e. The number of carbonyl (C=O) groups excluding carboxylic acids is 1. The van der Waals surface area contributed by atoms with Crippen LogP contribution in [0.15, 0.2) is 16.9 Å². The van der Waals surface area contributed by atoms with E-state index in [0.29, 0.717) is 5.52 Å². The van der Waals surface area contributed by atoms with Crippen molar-refractivity contribution in [1.29, 1.82) is 0 Å².